The van der Waals surface area contributed by atoms with Crippen molar-refractivity contribution in [2.24, 2.45) is 0 Å². The average molecular weight is 569 g/mol. The van der Waals surface area contributed by atoms with Crippen LogP contribution in [0.3, 0.4) is 0 Å². The number of hydrogen-bond acceptors (Lipinski definition) is 7. The molecule has 0 aliphatic rings. The molecule has 2 aromatic heterocycles. The second-order valence-corrected chi connectivity index (χ2v) is 12.0. The molecule has 2 N–H and O–H groups in total. The summed E-state index contributed by atoms with van der Waals surface area (Å²) in [6, 6.07) is 9.23. The number of carboxylic acid groups (broad SMARTS) is 1. The second kappa shape index (κ2) is 12.1. The van der Waals surface area contributed by atoms with Gasteiger partial charge in [-0.2, -0.15) is 0 Å². The number of carbonyl (C=O) groups excluding carboxylic acids is 1. The Bertz CT molecular complexity index is 1580. The molecular weight excluding hydrogens is 543 g/mol. The smallest absolute Gasteiger partial charge is 0.326 e. The van der Waals surface area contributed by atoms with Crippen LogP contribution in [-0.2, 0) is 21.2 Å². The predicted molar refractivity (Wildman–Crippen MR) is 147 cm³/mol. The summed E-state index contributed by atoms with van der Waals surface area (Å²) in [6.45, 7) is 0.502. The molecule has 39 heavy (non-hydrogen) atoms. The summed E-state index contributed by atoms with van der Waals surface area (Å²) in [5.41, 5.74) is 2.80. The van der Waals surface area contributed by atoms with Crippen molar-refractivity contribution in [1.82, 2.24) is 19.9 Å². The Kier molecular flexibility index (Phi) is 8.67. The molecule has 0 aliphatic carbocycles. The third-order valence-electron chi connectivity index (χ3n) is 5.78. The van der Waals surface area contributed by atoms with Gasteiger partial charge in [-0.05, 0) is 53.5 Å². The standard InChI is InChI=1S/C27H25FN4O5S2/c1-39(36,37)13-8-24(27(34)35)31-25(33)22-7-2-18(15-23(22)19-3-5-21(28)6-4-19)14-20(26-30-10-12-38-26)16-32-11-9-29-17-32/h2-7,9-12,14-15,17,24H,8,13,16H2,1H3,(H,31,33)(H,34,35)/t24-/m0/s1. The number of aliphatic carboxylic acids is 1. The molecule has 2 heterocycles. The number of allylic oxidation sites excluding steroid dienone is 1. The highest BCUT2D eigenvalue weighted by Crippen LogP contribution is 2.29. The van der Waals surface area contributed by atoms with Crippen molar-refractivity contribution >= 4 is 44.7 Å². The number of nitrogens with zero attached hydrogens (tertiary/aromatic N) is 3. The highest BCUT2D eigenvalue weighted by Gasteiger charge is 2.24. The molecule has 2 aromatic carbocycles. The van der Waals surface area contributed by atoms with Crippen LogP contribution in [-0.4, -0.2) is 58.0 Å². The van der Waals surface area contributed by atoms with Crippen molar-refractivity contribution in [3.63, 3.8) is 0 Å². The molecule has 0 saturated carbocycles. The van der Waals surface area contributed by atoms with Crippen LogP contribution in [0.4, 0.5) is 4.39 Å². The molecule has 12 heteroatoms. The van der Waals surface area contributed by atoms with Crippen LogP contribution < -0.4 is 5.32 Å². The summed E-state index contributed by atoms with van der Waals surface area (Å²) in [6.07, 6.45) is 9.57. The zero-order chi connectivity index (χ0) is 28.0. The van der Waals surface area contributed by atoms with Gasteiger partial charge in [-0.1, -0.05) is 18.2 Å². The molecule has 0 saturated heterocycles. The van der Waals surface area contributed by atoms with Crippen molar-refractivity contribution in [2.75, 3.05) is 12.0 Å². The highest BCUT2D eigenvalue weighted by molar-refractivity contribution is 7.90. The van der Waals surface area contributed by atoms with Gasteiger partial charge in [0.1, 0.15) is 26.7 Å². The fourth-order valence-electron chi connectivity index (χ4n) is 3.88. The summed E-state index contributed by atoms with van der Waals surface area (Å²) in [4.78, 5) is 33.5. The van der Waals surface area contributed by atoms with Gasteiger partial charge in [-0.25, -0.2) is 27.6 Å². The summed E-state index contributed by atoms with van der Waals surface area (Å²) in [7, 11) is -3.43. The van der Waals surface area contributed by atoms with Gasteiger partial charge in [0, 0.05) is 41.4 Å². The van der Waals surface area contributed by atoms with Crippen LogP contribution in [0.25, 0.3) is 22.8 Å². The Morgan fingerprint density at radius 1 is 1.18 bits per heavy atom. The number of carbonyl (C=O) groups is 2. The van der Waals surface area contributed by atoms with Crippen LogP contribution in [0.15, 0.2) is 72.8 Å². The molecule has 0 radical (unpaired) electrons. The predicted octanol–water partition coefficient (Wildman–Crippen LogP) is 4.00. The SMILES string of the molecule is CS(=O)(=O)CC[C@H](NC(=O)c1ccc(C=C(Cn2ccnc2)c2nccs2)cc1-c1ccc(F)cc1)C(=O)O. The summed E-state index contributed by atoms with van der Waals surface area (Å²) < 4.78 is 38.7. The lowest BCUT2D eigenvalue weighted by Gasteiger charge is -2.17. The number of sulfone groups is 1. The number of amides is 1. The van der Waals surface area contributed by atoms with Crippen molar-refractivity contribution in [1.29, 1.82) is 0 Å². The Balaban J connectivity index is 1.72. The second-order valence-electron chi connectivity index (χ2n) is 8.84. The van der Waals surface area contributed by atoms with Crippen molar-refractivity contribution in [3.8, 4) is 11.1 Å². The largest absolute Gasteiger partial charge is 0.480 e. The van der Waals surface area contributed by atoms with Crippen LogP contribution >= 0.6 is 11.3 Å². The first-order valence-corrected chi connectivity index (χ1v) is 14.7. The zero-order valence-electron chi connectivity index (χ0n) is 20.8. The summed E-state index contributed by atoms with van der Waals surface area (Å²) in [5, 5.41) is 14.7. The molecule has 202 valence electrons. The molecule has 4 aromatic rings. The minimum absolute atomic E-state index is 0.162. The summed E-state index contributed by atoms with van der Waals surface area (Å²) >= 11 is 1.48. The Labute approximate surface area is 228 Å². The highest BCUT2D eigenvalue weighted by atomic mass is 32.2. The Morgan fingerprint density at radius 3 is 2.56 bits per heavy atom. The van der Waals surface area contributed by atoms with E-state index < -0.39 is 39.3 Å². The number of imidazole rings is 1. The number of carboxylic acids is 1. The van der Waals surface area contributed by atoms with Gasteiger partial charge in [0.15, 0.2) is 0 Å². The fourth-order valence-corrected chi connectivity index (χ4v) is 5.19. The zero-order valence-corrected chi connectivity index (χ0v) is 22.5. The molecule has 1 atom stereocenters. The van der Waals surface area contributed by atoms with E-state index in [-0.39, 0.29) is 12.0 Å². The normalized spacial score (nSPS) is 12.7. The number of halogens is 1. The van der Waals surface area contributed by atoms with Gasteiger partial charge in [-0.3, -0.25) is 4.79 Å². The van der Waals surface area contributed by atoms with E-state index in [1.54, 1.807) is 36.9 Å². The molecule has 0 aliphatic heterocycles. The summed E-state index contributed by atoms with van der Waals surface area (Å²) in [5.74, 6) is -2.87. The van der Waals surface area contributed by atoms with Gasteiger partial charge < -0.3 is 15.0 Å². The fraction of sp³-hybridized carbons (Fsp3) is 0.185. The average Bonchev–Trinajstić information content (AvgIpc) is 3.60. The van der Waals surface area contributed by atoms with Crippen LogP contribution in [0, 0.1) is 5.82 Å². The van der Waals surface area contributed by atoms with E-state index in [0.717, 1.165) is 22.4 Å². The van der Waals surface area contributed by atoms with Crippen LogP contribution in [0.1, 0.15) is 27.3 Å². The van der Waals surface area contributed by atoms with E-state index in [9.17, 15) is 27.5 Å². The van der Waals surface area contributed by atoms with Gasteiger partial charge in [0.05, 0.1) is 18.6 Å². The molecule has 0 fully saturated rings. The molecule has 4 rings (SSSR count). The third kappa shape index (κ3) is 7.68. The maximum absolute atomic E-state index is 13.7. The Hall–Kier alpha value is -4.16. The lowest BCUT2D eigenvalue weighted by atomic mass is 9.95. The lowest BCUT2D eigenvalue weighted by molar-refractivity contribution is -0.139. The van der Waals surface area contributed by atoms with Gasteiger partial charge >= 0.3 is 5.97 Å². The topological polar surface area (TPSA) is 131 Å². The minimum Gasteiger partial charge on any atom is -0.480 e. The molecule has 0 spiro atoms. The quantitative estimate of drug-likeness (QED) is 0.280. The van der Waals surface area contributed by atoms with E-state index in [0.29, 0.717) is 17.7 Å². The van der Waals surface area contributed by atoms with Crippen molar-refractivity contribution in [2.45, 2.75) is 19.0 Å². The van der Waals surface area contributed by atoms with Crippen molar-refractivity contribution < 1.29 is 27.5 Å². The van der Waals surface area contributed by atoms with E-state index in [4.69, 9.17) is 0 Å². The first kappa shape index (κ1) is 27.9. The van der Waals surface area contributed by atoms with Crippen LogP contribution in [0.2, 0.25) is 0 Å². The number of rotatable bonds is 11. The maximum atomic E-state index is 13.7. The van der Waals surface area contributed by atoms with E-state index >= 15 is 0 Å². The van der Waals surface area contributed by atoms with Crippen molar-refractivity contribution in [3.05, 3.63) is 94.7 Å². The van der Waals surface area contributed by atoms with Gasteiger partial charge in [0.2, 0.25) is 0 Å². The third-order valence-corrected chi connectivity index (χ3v) is 7.61. The lowest BCUT2D eigenvalue weighted by Crippen LogP contribution is -2.42. The number of hydrogen-bond donors (Lipinski definition) is 2. The van der Waals surface area contributed by atoms with E-state index in [2.05, 4.69) is 15.3 Å². The van der Waals surface area contributed by atoms with Crippen LogP contribution in [0.5, 0.6) is 0 Å². The number of benzene rings is 2. The molecular formula is C27H25FN4O5S2. The van der Waals surface area contributed by atoms with Gasteiger partial charge in [-0.15, -0.1) is 11.3 Å². The Morgan fingerprint density at radius 2 is 1.95 bits per heavy atom. The van der Waals surface area contributed by atoms with E-state index in [1.807, 2.05) is 22.2 Å². The molecule has 9 nitrogen and oxygen atoms in total. The maximum Gasteiger partial charge on any atom is 0.326 e. The monoisotopic (exact) mass is 568 g/mol. The number of aromatic nitrogens is 3. The number of thiazole rings is 1. The first-order chi connectivity index (χ1) is 18.6. The van der Waals surface area contributed by atoms with E-state index in [1.165, 1.54) is 35.6 Å². The minimum atomic E-state index is -3.43. The first-order valence-electron chi connectivity index (χ1n) is 11.8. The van der Waals surface area contributed by atoms with Gasteiger partial charge in [0.25, 0.3) is 5.91 Å². The molecule has 0 unspecified atom stereocenters. The molecule has 1 amide bonds. The number of nitrogens with one attached hydrogen (secondary N) is 1. The molecule has 0 bridgehead atoms.